The highest BCUT2D eigenvalue weighted by atomic mass is 32.2. The van der Waals surface area contributed by atoms with Gasteiger partial charge >= 0.3 is 0 Å². The van der Waals surface area contributed by atoms with Crippen LogP contribution in [0.2, 0.25) is 0 Å². The first-order chi connectivity index (χ1) is 11.0. The number of nitrogens with one attached hydrogen (secondary N) is 1. The van der Waals surface area contributed by atoms with Gasteiger partial charge < -0.3 is 0 Å². The predicted octanol–water partition coefficient (Wildman–Crippen LogP) is 1.87. The zero-order valence-electron chi connectivity index (χ0n) is 13.2. The number of hydrogen-bond acceptors (Lipinski definition) is 4. The number of nitrogens with zero attached hydrogens (tertiary/aromatic N) is 2. The molecular weight excluding hydrogens is 310 g/mol. The second-order valence-electron chi connectivity index (χ2n) is 6.83. The molecule has 1 heterocycles. The minimum Gasteiger partial charge on any atom is -0.298 e. The highest BCUT2D eigenvalue weighted by Gasteiger charge is 2.47. The molecule has 5 nitrogen and oxygen atoms in total. The molecule has 0 radical (unpaired) electrons. The van der Waals surface area contributed by atoms with Crippen molar-refractivity contribution in [3.05, 3.63) is 35.9 Å². The van der Waals surface area contributed by atoms with Gasteiger partial charge in [0.25, 0.3) is 0 Å². The van der Waals surface area contributed by atoms with Crippen molar-refractivity contribution in [2.75, 3.05) is 18.8 Å². The van der Waals surface area contributed by atoms with E-state index in [4.69, 9.17) is 5.26 Å². The predicted molar refractivity (Wildman–Crippen MR) is 88.9 cm³/mol. The topological polar surface area (TPSA) is 73.2 Å². The minimum atomic E-state index is -3.38. The van der Waals surface area contributed by atoms with Crippen molar-refractivity contribution < 1.29 is 8.42 Å². The molecule has 0 bridgehead atoms. The van der Waals surface area contributed by atoms with Gasteiger partial charge in [-0.15, -0.1) is 0 Å². The third-order valence-corrected chi connectivity index (χ3v) is 6.28. The van der Waals surface area contributed by atoms with E-state index < -0.39 is 15.4 Å². The van der Waals surface area contributed by atoms with Crippen molar-refractivity contribution in [3.63, 3.8) is 0 Å². The molecule has 1 saturated carbocycles. The van der Waals surface area contributed by atoms with Gasteiger partial charge in [0.2, 0.25) is 10.0 Å². The molecule has 1 atom stereocenters. The van der Waals surface area contributed by atoms with Gasteiger partial charge in [-0.2, -0.15) is 5.26 Å². The molecule has 0 spiro atoms. The normalized spacial score (nSPS) is 24.0. The lowest BCUT2D eigenvalue weighted by atomic mass is 10.1. The van der Waals surface area contributed by atoms with Gasteiger partial charge in [-0.05, 0) is 37.8 Å². The van der Waals surface area contributed by atoms with Crippen molar-refractivity contribution in [1.29, 1.82) is 5.26 Å². The Hall–Kier alpha value is -1.42. The third-order valence-electron chi connectivity index (χ3n) is 4.66. The van der Waals surface area contributed by atoms with Crippen LogP contribution >= 0.6 is 0 Å². The van der Waals surface area contributed by atoms with Crippen LogP contribution in [0.5, 0.6) is 0 Å². The number of piperidine rings is 1. The summed E-state index contributed by atoms with van der Waals surface area (Å²) in [6, 6.07) is 12.3. The molecule has 1 aromatic carbocycles. The fourth-order valence-corrected chi connectivity index (χ4v) is 5.10. The van der Waals surface area contributed by atoms with E-state index in [9.17, 15) is 8.42 Å². The number of likely N-dealkylation sites (tertiary alicyclic amines) is 1. The highest BCUT2D eigenvalue weighted by Crippen LogP contribution is 2.45. The Balaban J connectivity index is 1.55. The van der Waals surface area contributed by atoms with Crippen molar-refractivity contribution >= 4 is 10.0 Å². The number of hydrogen-bond donors (Lipinski definition) is 1. The molecule has 23 heavy (non-hydrogen) atoms. The lowest BCUT2D eigenvalue weighted by Gasteiger charge is -2.33. The second kappa shape index (κ2) is 6.60. The molecule has 0 unspecified atom stereocenters. The molecule has 2 fully saturated rings. The van der Waals surface area contributed by atoms with Crippen LogP contribution in [0.1, 0.15) is 31.2 Å². The molecule has 1 aliphatic heterocycles. The van der Waals surface area contributed by atoms with Crippen LogP contribution in [0.3, 0.4) is 0 Å². The average molecular weight is 333 g/mol. The molecule has 3 rings (SSSR count). The van der Waals surface area contributed by atoms with Gasteiger partial charge in [0.1, 0.15) is 0 Å². The summed E-state index contributed by atoms with van der Waals surface area (Å²) < 4.78 is 27.4. The van der Waals surface area contributed by atoms with Crippen LogP contribution in [0.25, 0.3) is 0 Å². The maximum Gasteiger partial charge on any atom is 0.213 e. The SMILES string of the molecule is N#CC1(CS(=O)(=O)N[C@@H]2CCCN(Cc3ccccc3)C2)CC1. The first kappa shape index (κ1) is 16.4. The summed E-state index contributed by atoms with van der Waals surface area (Å²) in [5.41, 5.74) is 0.627. The summed E-state index contributed by atoms with van der Waals surface area (Å²) in [4.78, 5) is 2.29. The summed E-state index contributed by atoms with van der Waals surface area (Å²) in [6.07, 6.45) is 3.26. The summed E-state index contributed by atoms with van der Waals surface area (Å²) in [5, 5.41) is 9.08. The maximum absolute atomic E-state index is 12.3. The number of benzene rings is 1. The second-order valence-corrected chi connectivity index (χ2v) is 8.58. The van der Waals surface area contributed by atoms with Gasteiger partial charge in [0.05, 0.1) is 17.2 Å². The van der Waals surface area contributed by atoms with Crippen molar-refractivity contribution in [2.24, 2.45) is 5.41 Å². The molecule has 1 saturated heterocycles. The van der Waals surface area contributed by atoms with E-state index in [0.717, 1.165) is 32.5 Å². The van der Waals surface area contributed by atoms with Crippen LogP contribution in [0, 0.1) is 16.7 Å². The van der Waals surface area contributed by atoms with Crippen molar-refractivity contribution in [3.8, 4) is 6.07 Å². The van der Waals surface area contributed by atoms with Crippen molar-refractivity contribution in [2.45, 2.75) is 38.3 Å². The van der Waals surface area contributed by atoms with Gasteiger partial charge in [-0.1, -0.05) is 30.3 Å². The molecule has 124 valence electrons. The lowest BCUT2D eigenvalue weighted by molar-refractivity contribution is 0.194. The molecule has 0 aromatic heterocycles. The average Bonchev–Trinajstić information content (AvgIpc) is 3.27. The zero-order chi connectivity index (χ0) is 16.3. The monoisotopic (exact) mass is 333 g/mol. The minimum absolute atomic E-state index is 0.0491. The van der Waals surface area contributed by atoms with Gasteiger partial charge in [-0.3, -0.25) is 4.90 Å². The van der Waals surface area contributed by atoms with Crippen LogP contribution in [-0.4, -0.2) is 38.2 Å². The van der Waals surface area contributed by atoms with Crippen LogP contribution in [0.4, 0.5) is 0 Å². The van der Waals surface area contributed by atoms with Gasteiger partial charge in [-0.25, -0.2) is 13.1 Å². The molecule has 1 aliphatic carbocycles. The quantitative estimate of drug-likeness (QED) is 0.862. The molecule has 6 heteroatoms. The lowest BCUT2D eigenvalue weighted by Crippen LogP contribution is -2.48. The summed E-state index contributed by atoms with van der Waals surface area (Å²) in [7, 11) is -3.38. The van der Waals surface area contributed by atoms with Crippen molar-refractivity contribution in [1.82, 2.24) is 9.62 Å². The van der Waals surface area contributed by atoms with E-state index in [1.54, 1.807) is 0 Å². The molecule has 1 N–H and O–H groups in total. The van der Waals surface area contributed by atoms with E-state index in [1.165, 1.54) is 5.56 Å². The Morgan fingerprint density at radius 1 is 1.30 bits per heavy atom. The van der Waals surface area contributed by atoms with E-state index >= 15 is 0 Å². The Kier molecular flexibility index (Phi) is 4.72. The van der Waals surface area contributed by atoms with Crippen LogP contribution < -0.4 is 4.72 Å². The van der Waals surface area contributed by atoms with E-state index in [0.29, 0.717) is 12.8 Å². The van der Waals surface area contributed by atoms with E-state index in [-0.39, 0.29) is 11.8 Å². The Morgan fingerprint density at radius 3 is 2.70 bits per heavy atom. The Labute approximate surface area is 138 Å². The summed E-state index contributed by atoms with van der Waals surface area (Å²) >= 11 is 0. The van der Waals surface area contributed by atoms with E-state index in [1.807, 2.05) is 18.2 Å². The standard InChI is InChI=1S/C17H23N3O2S/c18-13-17(8-9-17)14-23(21,22)19-16-7-4-10-20(12-16)11-15-5-2-1-3-6-15/h1-3,5-6,16,19H,4,7-12,14H2/t16-/m1/s1. The van der Waals surface area contributed by atoms with Crippen LogP contribution in [0.15, 0.2) is 30.3 Å². The Morgan fingerprint density at radius 2 is 2.04 bits per heavy atom. The smallest absolute Gasteiger partial charge is 0.213 e. The van der Waals surface area contributed by atoms with Gasteiger partial charge in [0, 0.05) is 19.1 Å². The first-order valence-electron chi connectivity index (χ1n) is 8.18. The molecule has 1 aromatic rings. The fraction of sp³-hybridized carbons (Fsp3) is 0.588. The number of sulfonamides is 1. The molecule has 2 aliphatic rings. The summed E-state index contributed by atoms with van der Waals surface area (Å²) in [6.45, 7) is 2.57. The van der Waals surface area contributed by atoms with Crippen LogP contribution in [-0.2, 0) is 16.6 Å². The first-order valence-corrected chi connectivity index (χ1v) is 9.83. The summed E-state index contributed by atoms with van der Waals surface area (Å²) in [5.74, 6) is -0.0499. The largest absolute Gasteiger partial charge is 0.298 e. The molecular formula is C17H23N3O2S. The van der Waals surface area contributed by atoms with E-state index in [2.05, 4.69) is 27.8 Å². The number of nitriles is 1. The Bertz CT molecular complexity index is 678. The van der Waals surface area contributed by atoms with Gasteiger partial charge in [0.15, 0.2) is 0 Å². The molecule has 0 amide bonds. The third kappa shape index (κ3) is 4.54. The fourth-order valence-electron chi connectivity index (χ4n) is 3.24. The number of rotatable bonds is 6. The maximum atomic E-state index is 12.3. The highest BCUT2D eigenvalue weighted by molar-refractivity contribution is 7.89. The zero-order valence-corrected chi connectivity index (χ0v) is 14.1.